The van der Waals surface area contributed by atoms with E-state index in [0.29, 0.717) is 6.61 Å². The van der Waals surface area contributed by atoms with E-state index in [1.807, 2.05) is 19.2 Å². The average Bonchev–Trinajstić information content (AvgIpc) is 2.80. The third kappa shape index (κ3) is 2.02. The molecule has 18 heavy (non-hydrogen) atoms. The lowest BCUT2D eigenvalue weighted by Gasteiger charge is -2.09. The van der Waals surface area contributed by atoms with Gasteiger partial charge in [0.15, 0.2) is 0 Å². The Kier molecular flexibility index (Phi) is 2.83. The van der Waals surface area contributed by atoms with Crippen molar-refractivity contribution in [1.82, 2.24) is 15.1 Å². The summed E-state index contributed by atoms with van der Waals surface area (Å²) in [6.45, 7) is 3.52. The molecule has 1 saturated carbocycles. The van der Waals surface area contributed by atoms with E-state index in [1.165, 1.54) is 0 Å². The molecule has 2 fully saturated rings. The van der Waals surface area contributed by atoms with Crippen molar-refractivity contribution in [2.75, 3.05) is 13.2 Å². The molecule has 2 N–H and O–H groups in total. The molecule has 2 aliphatic rings. The molecule has 6 nitrogen and oxygen atoms in total. The minimum atomic E-state index is -0.687. The van der Waals surface area contributed by atoms with Crippen LogP contribution in [0.25, 0.3) is 0 Å². The molecule has 6 heteroatoms. The van der Waals surface area contributed by atoms with Gasteiger partial charge in [0.05, 0.1) is 18.2 Å². The van der Waals surface area contributed by atoms with Crippen LogP contribution in [-0.2, 0) is 16.0 Å². The van der Waals surface area contributed by atoms with Crippen LogP contribution in [-0.4, -0.2) is 34.0 Å². The highest BCUT2D eigenvalue weighted by atomic mass is 16.5. The van der Waals surface area contributed by atoms with Gasteiger partial charge in [-0.3, -0.25) is 10.1 Å². The zero-order valence-corrected chi connectivity index (χ0v) is 10.2. The Labute approximate surface area is 105 Å². The summed E-state index contributed by atoms with van der Waals surface area (Å²) in [4.78, 5) is 10.9. The largest absolute Gasteiger partial charge is 0.481 e. The number of carboxylic acids is 1. The standard InChI is InChI=1S/C12H17N3O3/c1-7-9(10(7)11(16)17)6-8-2-4-15(14-8)12-13-3-5-18-12/h2,4,7,9-10,12-13H,3,5-6H2,1H3,(H,16,17). The second kappa shape index (κ2) is 4.37. The van der Waals surface area contributed by atoms with E-state index in [-0.39, 0.29) is 24.1 Å². The Morgan fingerprint density at radius 2 is 2.56 bits per heavy atom. The van der Waals surface area contributed by atoms with Crippen molar-refractivity contribution >= 4 is 5.97 Å². The van der Waals surface area contributed by atoms with Gasteiger partial charge < -0.3 is 9.84 Å². The first-order valence-corrected chi connectivity index (χ1v) is 6.28. The lowest BCUT2D eigenvalue weighted by Crippen LogP contribution is -2.21. The maximum Gasteiger partial charge on any atom is 0.307 e. The topological polar surface area (TPSA) is 76.4 Å². The van der Waals surface area contributed by atoms with Gasteiger partial charge in [-0.15, -0.1) is 0 Å². The Balaban J connectivity index is 1.62. The van der Waals surface area contributed by atoms with Gasteiger partial charge in [0.25, 0.3) is 0 Å². The van der Waals surface area contributed by atoms with Gasteiger partial charge in [0, 0.05) is 12.7 Å². The highest BCUT2D eigenvalue weighted by molar-refractivity contribution is 5.74. The van der Waals surface area contributed by atoms with E-state index in [2.05, 4.69) is 10.4 Å². The molecule has 1 aromatic heterocycles. The summed E-state index contributed by atoms with van der Waals surface area (Å²) < 4.78 is 7.20. The molecule has 4 unspecified atom stereocenters. The predicted molar refractivity (Wildman–Crippen MR) is 62.7 cm³/mol. The maximum atomic E-state index is 10.9. The number of ether oxygens (including phenoxy) is 1. The lowest BCUT2D eigenvalue weighted by molar-refractivity contribution is -0.139. The number of aliphatic carboxylic acids is 1. The van der Waals surface area contributed by atoms with Crippen molar-refractivity contribution in [2.45, 2.75) is 19.7 Å². The summed E-state index contributed by atoms with van der Waals surface area (Å²) in [7, 11) is 0. The maximum absolute atomic E-state index is 10.9. The molecule has 1 aromatic rings. The number of carboxylic acid groups (broad SMARTS) is 1. The Bertz CT molecular complexity index is 453. The summed E-state index contributed by atoms with van der Waals surface area (Å²) in [6.07, 6.45) is 2.43. The van der Waals surface area contributed by atoms with Crippen LogP contribution >= 0.6 is 0 Å². The molecular weight excluding hydrogens is 234 g/mol. The third-order valence-electron chi connectivity index (χ3n) is 3.89. The monoisotopic (exact) mass is 251 g/mol. The molecule has 0 spiro atoms. The van der Waals surface area contributed by atoms with Crippen LogP contribution < -0.4 is 5.32 Å². The van der Waals surface area contributed by atoms with Crippen molar-refractivity contribution in [1.29, 1.82) is 0 Å². The predicted octanol–water partition coefficient (Wildman–Crippen LogP) is 0.468. The van der Waals surface area contributed by atoms with Crippen molar-refractivity contribution < 1.29 is 14.6 Å². The Morgan fingerprint density at radius 1 is 1.72 bits per heavy atom. The number of hydrogen-bond acceptors (Lipinski definition) is 4. The fourth-order valence-electron chi connectivity index (χ4n) is 2.71. The minimum Gasteiger partial charge on any atom is -0.481 e. The van der Waals surface area contributed by atoms with Gasteiger partial charge in [-0.05, 0) is 24.3 Å². The Hall–Kier alpha value is -1.40. The normalized spacial score (nSPS) is 34.7. The number of nitrogens with one attached hydrogen (secondary N) is 1. The molecular formula is C12H17N3O3. The van der Waals surface area contributed by atoms with E-state index in [1.54, 1.807) is 4.68 Å². The van der Waals surface area contributed by atoms with Crippen molar-refractivity contribution in [2.24, 2.45) is 17.8 Å². The molecule has 0 bridgehead atoms. The number of rotatable bonds is 4. The zero-order valence-electron chi connectivity index (χ0n) is 10.2. The van der Waals surface area contributed by atoms with Crippen LogP contribution in [0.15, 0.2) is 12.3 Å². The van der Waals surface area contributed by atoms with Crippen molar-refractivity contribution in [3.05, 3.63) is 18.0 Å². The van der Waals surface area contributed by atoms with Crippen molar-refractivity contribution in [3.8, 4) is 0 Å². The molecule has 1 aliphatic heterocycles. The average molecular weight is 251 g/mol. The second-order valence-corrected chi connectivity index (χ2v) is 5.06. The van der Waals surface area contributed by atoms with Gasteiger partial charge in [-0.2, -0.15) is 5.10 Å². The number of carbonyl (C=O) groups is 1. The molecule has 3 rings (SSSR count). The van der Waals surface area contributed by atoms with Crippen LogP contribution in [0.1, 0.15) is 19.0 Å². The molecule has 0 radical (unpaired) electrons. The molecule has 1 aliphatic carbocycles. The van der Waals surface area contributed by atoms with Crippen LogP contribution in [0, 0.1) is 17.8 Å². The minimum absolute atomic E-state index is 0.175. The van der Waals surface area contributed by atoms with E-state index in [4.69, 9.17) is 9.84 Å². The SMILES string of the molecule is CC1C(Cc2ccn(C3NCCO3)n2)C1C(=O)O. The third-order valence-corrected chi connectivity index (χ3v) is 3.89. The number of nitrogens with zero attached hydrogens (tertiary/aromatic N) is 2. The first-order valence-electron chi connectivity index (χ1n) is 6.28. The number of aromatic nitrogens is 2. The van der Waals surface area contributed by atoms with Gasteiger partial charge in [-0.25, -0.2) is 4.68 Å². The zero-order chi connectivity index (χ0) is 12.7. The molecule has 1 saturated heterocycles. The quantitative estimate of drug-likeness (QED) is 0.813. The smallest absolute Gasteiger partial charge is 0.307 e. The molecule has 0 amide bonds. The van der Waals surface area contributed by atoms with E-state index in [0.717, 1.165) is 18.7 Å². The fourth-order valence-corrected chi connectivity index (χ4v) is 2.71. The molecule has 98 valence electrons. The first kappa shape index (κ1) is 11.7. The Morgan fingerprint density at radius 3 is 3.17 bits per heavy atom. The van der Waals surface area contributed by atoms with E-state index < -0.39 is 5.97 Å². The van der Waals surface area contributed by atoms with Crippen LogP contribution in [0.5, 0.6) is 0 Å². The second-order valence-electron chi connectivity index (χ2n) is 5.06. The highest BCUT2D eigenvalue weighted by Crippen LogP contribution is 2.47. The fraction of sp³-hybridized carbons (Fsp3) is 0.667. The summed E-state index contributed by atoms with van der Waals surface area (Å²) in [6, 6.07) is 1.94. The van der Waals surface area contributed by atoms with Gasteiger partial charge in [0.2, 0.25) is 6.35 Å². The molecule has 2 heterocycles. The van der Waals surface area contributed by atoms with E-state index in [9.17, 15) is 4.79 Å². The van der Waals surface area contributed by atoms with Crippen molar-refractivity contribution in [3.63, 3.8) is 0 Å². The summed E-state index contributed by atoms with van der Waals surface area (Å²) in [5, 5.41) is 16.6. The van der Waals surface area contributed by atoms with Crippen LogP contribution in [0.2, 0.25) is 0 Å². The van der Waals surface area contributed by atoms with Gasteiger partial charge in [0.1, 0.15) is 0 Å². The van der Waals surface area contributed by atoms with Gasteiger partial charge >= 0.3 is 5.97 Å². The highest BCUT2D eigenvalue weighted by Gasteiger charge is 2.51. The lowest BCUT2D eigenvalue weighted by atomic mass is 10.2. The molecule has 4 atom stereocenters. The number of hydrogen-bond donors (Lipinski definition) is 2. The summed E-state index contributed by atoms with van der Waals surface area (Å²) in [5.74, 6) is -0.402. The summed E-state index contributed by atoms with van der Waals surface area (Å²) >= 11 is 0. The summed E-state index contributed by atoms with van der Waals surface area (Å²) in [5.41, 5.74) is 0.938. The first-order chi connectivity index (χ1) is 8.66. The molecule has 0 aromatic carbocycles. The van der Waals surface area contributed by atoms with E-state index >= 15 is 0 Å². The van der Waals surface area contributed by atoms with Crippen LogP contribution in [0.4, 0.5) is 0 Å². The van der Waals surface area contributed by atoms with Gasteiger partial charge in [-0.1, -0.05) is 6.92 Å². The van der Waals surface area contributed by atoms with Crippen LogP contribution in [0.3, 0.4) is 0 Å².